The van der Waals surface area contributed by atoms with E-state index in [0.29, 0.717) is 19.5 Å². The van der Waals surface area contributed by atoms with Crippen molar-refractivity contribution in [1.82, 2.24) is 24.4 Å². The standard InChI is InChI=1S/C21H23N5O/c1-15(2)20-22-9-8-18(24-20)21-23-10-11-26(21)17-12-19(27)25(14-17)13-16-6-4-3-5-7-16/h3-11,15,17H,12-14H2,1-2H3/t17-/m1/s1. The zero-order valence-corrected chi connectivity index (χ0v) is 15.6. The number of hydrogen-bond donors (Lipinski definition) is 0. The molecule has 27 heavy (non-hydrogen) atoms. The minimum atomic E-state index is 0.0659. The van der Waals surface area contributed by atoms with E-state index in [-0.39, 0.29) is 17.9 Å². The molecular formula is C21H23N5O. The molecule has 1 aromatic carbocycles. The van der Waals surface area contributed by atoms with Crippen molar-refractivity contribution >= 4 is 5.91 Å². The predicted octanol–water partition coefficient (Wildman–Crippen LogP) is 3.44. The Bertz CT molecular complexity index is 935. The van der Waals surface area contributed by atoms with Gasteiger partial charge < -0.3 is 9.47 Å². The molecule has 4 rings (SSSR count). The van der Waals surface area contributed by atoms with Crippen molar-refractivity contribution in [3.8, 4) is 11.5 Å². The molecule has 0 spiro atoms. The lowest BCUT2D eigenvalue weighted by atomic mass is 10.2. The summed E-state index contributed by atoms with van der Waals surface area (Å²) in [6.07, 6.45) is 5.98. The summed E-state index contributed by atoms with van der Waals surface area (Å²) in [7, 11) is 0. The minimum Gasteiger partial charge on any atom is -0.336 e. The molecule has 1 amide bonds. The molecule has 1 atom stereocenters. The maximum Gasteiger partial charge on any atom is 0.225 e. The fraction of sp³-hybridized carbons (Fsp3) is 0.333. The van der Waals surface area contributed by atoms with Crippen LogP contribution in [0.25, 0.3) is 11.5 Å². The Morgan fingerprint density at radius 3 is 2.70 bits per heavy atom. The largest absolute Gasteiger partial charge is 0.336 e. The Morgan fingerprint density at radius 1 is 1.11 bits per heavy atom. The molecule has 0 radical (unpaired) electrons. The van der Waals surface area contributed by atoms with E-state index in [1.807, 2.05) is 35.4 Å². The third-order valence-corrected chi connectivity index (χ3v) is 4.89. The van der Waals surface area contributed by atoms with E-state index in [1.54, 1.807) is 12.4 Å². The molecule has 1 aliphatic rings. The zero-order valence-electron chi connectivity index (χ0n) is 15.6. The third kappa shape index (κ3) is 3.60. The van der Waals surface area contributed by atoms with Crippen LogP contribution >= 0.6 is 0 Å². The lowest BCUT2D eigenvalue weighted by Gasteiger charge is -2.18. The number of carbonyl (C=O) groups is 1. The molecule has 0 aliphatic carbocycles. The highest BCUT2D eigenvalue weighted by molar-refractivity contribution is 5.79. The van der Waals surface area contributed by atoms with Crippen LogP contribution in [-0.4, -0.2) is 36.9 Å². The van der Waals surface area contributed by atoms with E-state index in [0.717, 1.165) is 22.9 Å². The van der Waals surface area contributed by atoms with Crippen LogP contribution in [0.5, 0.6) is 0 Å². The number of carbonyl (C=O) groups excluding carboxylic acids is 1. The highest BCUT2D eigenvalue weighted by atomic mass is 16.2. The van der Waals surface area contributed by atoms with Crippen molar-refractivity contribution < 1.29 is 4.79 Å². The first-order valence-electron chi connectivity index (χ1n) is 9.29. The monoisotopic (exact) mass is 361 g/mol. The van der Waals surface area contributed by atoms with E-state index in [4.69, 9.17) is 0 Å². The molecule has 1 aliphatic heterocycles. The maximum atomic E-state index is 12.5. The second kappa shape index (κ2) is 7.31. The average molecular weight is 361 g/mol. The number of likely N-dealkylation sites (tertiary alicyclic amines) is 1. The lowest BCUT2D eigenvalue weighted by Crippen LogP contribution is -2.25. The summed E-state index contributed by atoms with van der Waals surface area (Å²) >= 11 is 0. The SMILES string of the molecule is CC(C)c1nccc(-c2nccn2[C@@H]2CC(=O)N(Cc3ccccc3)C2)n1. The zero-order chi connectivity index (χ0) is 18.8. The fourth-order valence-electron chi connectivity index (χ4n) is 3.48. The summed E-state index contributed by atoms with van der Waals surface area (Å²) in [4.78, 5) is 28.0. The van der Waals surface area contributed by atoms with Gasteiger partial charge in [-0.1, -0.05) is 44.2 Å². The molecule has 3 aromatic rings. The fourth-order valence-corrected chi connectivity index (χ4v) is 3.48. The van der Waals surface area contributed by atoms with Gasteiger partial charge >= 0.3 is 0 Å². The van der Waals surface area contributed by atoms with Gasteiger partial charge in [-0.2, -0.15) is 0 Å². The van der Waals surface area contributed by atoms with Crippen LogP contribution < -0.4 is 0 Å². The summed E-state index contributed by atoms with van der Waals surface area (Å²) in [5.41, 5.74) is 1.95. The normalized spacial score (nSPS) is 17.1. The first kappa shape index (κ1) is 17.4. The molecule has 1 fully saturated rings. The van der Waals surface area contributed by atoms with Crippen molar-refractivity contribution in [2.75, 3.05) is 6.54 Å². The first-order chi connectivity index (χ1) is 13.1. The van der Waals surface area contributed by atoms with Crippen LogP contribution in [0.15, 0.2) is 55.0 Å². The van der Waals surface area contributed by atoms with Crippen molar-refractivity contribution in [3.63, 3.8) is 0 Å². The molecule has 0 saturated carbocycles. The Labute approximate surface area is 158 Å². The Kier molecular flexibility index (Phi) is 4.71. The molecule has 6 nitrogen and oxygen atoms in total. The minimum absolute atomic E-state index is 0.0659. The van der Waals surface area contributed by atoms with Gasteiger partial charge in [0.25, 0.3) is 0 Å². The summed E-state index contributed by atoms with van der Waals surface area (Å²) in [6, 6.07) is 12.0. The summed E-state index contributed by atoms with van der Waals surface area (Å²) in [5.74, 6) is 2.02. The van der Waals surface area contributed by atoms with E-state index in [2.05, 4.69) is 45.5 Å². The summed E-state index contributed by atoms with van der Waals surface area (Å²) < 4.78 is 2.08. The molecular weight excluding hydrogens is 338 g/mol. The van der Waals surface area contributed by atoms with Crippen LogP contribution in [0.3, 0.4) is 0 Å². The topological polar surface area (TPSA) is 63.9 Å². The van der Waals surface area contributed by atoms with Crippen molar-refractivity contribution in [2.45, 2.75) is 38.8 Å². The van der Waals surface area contributed by atoms with Gasteiger partial charge in [0.05, 0.1) is 6.04 Å². The number of rotatable bonds is 5. The Morgan fingerprint density at radius 2 is 1.93 bits per heavy atom. The van der Waals surface area contributed by atoms with Gasteiger partial charge in [0.1, 0.15) is 11.5 Å². The van der Waals surface area contributed by atoms with Crippen molar-refractivity contribution in [3.05, 3.63) is 66.4 Å². The number of aromatic nitrogens is 4. The molecule has 138 valence electrons. The highest BCUT2D eigenvalue weighted by Gasteiger charge is 2.32. The van der Waals surface area contributed by atoms with Crippen LogP contribution in [-0.2, 0) is 11.3 Å². The van der Waals surface area contributed by atoms with Gasteiger partial charge in [0.2, 0.25) is 5.91 Å². The Balaban J connectivity index is 1.56. The molecule has 0 unspecified atom stereocenters. The van der Waals surface area contributed by atoms with Gasteiger partial charge in [0, 0.05) is 44.0 Å². The number of amides is 1. The van der Waals surface area contributed by atoms with E-state index >= 15 is 0 Å². The van der Waals surface area contributed by atoms with Crippen LogP contribution in [0, 0.1) is 0 Å². The maximum absolute atomic E-state index is 12.5. The van der Waals surface area contributed by atoms with E-state index in [1.165, 1.54) is 0 Å². The van der Waals surface area contributed by atoms with E-state index < -0.39 is 0 Å². The van der Waals surface area contributed by atoms with Gasteiger partial charge in [-0.15, -0.1) is 0 Å². The summed E-state index contributed by atoms with van der Waals surface area (Å²) in [5, 5.41) is 0. The second-order valence-electron chi connectivity index (χ2n) is 7.23. The molecule has 1 saturated heterocycles. The van der Waals surface area contributed by atoms with Gasteiger partial charge in [0.15, 0.2) is 5.82 Å². The van der Waals surface area contributed by atoms with Crippen LogP contribution in [0.1, 0.15) is 43.6 Å². The van der Waals surface area contributed by atoms with Gasteiger partial charge in [-0.25, -0.2) is 15.0 Å². The first-order valence-corrected chi connectivity index (χ1v) is 9.29. The van der Waals surface area contributed by atoms with Gasteiger partial charge in [-0.05, 0) is 11.6 Å². The average Bonchev–Trinajstić information content (AvgIpc) is 3.30. The number of imidazole rings is 1. The lowest BCUT2D eigenvalue weighted by molar-refractivity contribution is -0.128. The molecule has 6 heteroatoms. The quantitative estimate of drug-likeness (QED) is 0.698. The number of benzene rings is 1. The molecule has 3 heterocycles. The second-order valence-corrected chi connectivity index (χ2v) is 7.23. The third-order valence-electron chi connectivity index (χ3n) is 4.89. The summed E-state index contributed by atoms with van der Waals surface area (Å²) in [6.45, 7) is 5.47. The van der Waals surface area contributed by atoms with Crippen LogP contribution in [0.4, 0.5) is 0 Å². The van der Waals surface area contributed by atoms with E-state index in [9.17, 15) is 4.79 Å². The molecule has 0 bridgehead atoms. The van der Waals surface area contributed by atoms with Gasteiger partial charge in [-0.3, -0.25) is 4.79 Å². The van der Waals surface area contributed by atoms with Crippen molar-refractivity contribution in [1.29, 1.82) is 0 Å². The van der Waals surface area contributed by atoms with Crippen LogP contribution in [0.2, 0.25) is 0 Å². The smallest absolute Gasteiger partial charge is 0.225 e. The molecule has 2 aromatic heterocycles. The van der Waals surface area contributed by atoms with Crippen molar-refractivity contribution in [2.24, 2.45) is 0 Å². The molecule has 0 N–H and O–H groups in total. The predicted molar refractivity (Wildman–Crippen MR) is 103 cm³/mol. The number of hydrogen-bond acceptors (Lipinski definition) is 4. The number of nitrogens with zero attached hydrogens (tertiary/aromatic N) is 5. The Hall–Kier alpha value is -3.02. The highest BCUT2D eigenvalue weighted by Crippen LogP contribution is 2.28.